The lowest BCUT2D eigenvalue weighted by Crippen LogP contribution is -2.45. The second-order valence-electron chi connectivity index (χ2n) is 9.77. The number of Topliss-reactive ketones (excluding diaryl/α,β-unsaturated/α-hetero) is 2. The van der Waals surface area contributed by atoms with Crippen LogP contribution in [0.5, 0.6) is 0 Å². The number of carbonyl (C=O) groups excluding carboxylic acids is 3. The molecule has 3 rings (SSSR count). The first-order valence-electron chi connectivity index (χ1n) is 13.2. The van der Waals surface area contributed by atoms with Gasteiger partial charge in [0.05, 0.1) is 26.7 Å². The molecular formula is C29H37N3O4S. The Balaban J connectivity index is 1.78. The zero-order valence-corrected chi connectivity index (χ0v) is 22.7. The van der Waals surface area contributed by atoms with Crippen molar-refractivity contribution in [2.24, 2.45) is 11.8 Å². The lowest BCUT2D eigenvalue weighted by atomic mass is 9.87. The number of allylic oxidation sites excluding steroid dienone is 1. The number of carbonyl (C=O) groups is 3. The molecule has 37 heavy (non-hydrogen) atoms. The van der Waals surface area contributed by atoms with Gasteiger partial charge in [-0.1, -0.05) is 26.5 Å². The first kappa shape index (κ1) is 28.7. The smallest absolute Gasteiger partial charge is 0.224 e. The molecule has 1 aliphatic rings. The van der Waals surface area contributed by atoms with Gasteiger partial charge in [-0.2, -0.15) is 5.26 Å². The summed E-state index contributed by atoms with van der Waals surface area (Å²) in [6.45, 7) is 8.81. The third kappa shape index (κ3) is 8.31. The van der Waals surface area contributed by atoms with E-state index >= 15 is 0 Å². The number of amides is 1. The number of nitriles is 1. The minimum Gasteiger partial charge on any atom is -0.381 e. The summed E-state index contributed by atoms with van der Waals surface area (Å²) in [4.78, 5) is 43.2. The van der Waals surface area contributed by atoms with Gasteiger partial charge < -0.3 is 10.1 Å². The van der Waals surface area contributed by atoms with E-state index in [1.165, 1.54) is 5.56 Å². The van der Waals surface area contributed by atoms with Gasteiger partial charge in [-0.25, -0.2) is 4.98 Å². The third-order valence-corrected chi connectivity index (χ3v) is 8.06. The van der Waals surface area contributed by atoms with Crippen molar-refractivity contribution < 1.29 is 19.1 Å². The van der Waals surface area contributed by atoms with Crippen LogP contribution in [0.25, 0.3) is 10.2 Å². The number of fused-ring (bicyclic) bond motifs is 1. The molecule has 0 saturated carbocycles. The van der Waals surface area contributed by atoms with E-state index < -0.39 is 5.92 Å². The Morgan fingerprint density at radius 1 is 1.24 bits per heavy atom. The van der Waals surface area contributed by atoms with E-state index in [0.29, 0.717) is 32.5 Å². The van der Waals surface area contributed by atoms with Gasteiger partial charge in [0.2, 0.25) is 5.91 Å². The zero-order valence-electron chi connectivity index (χ0n) is 21.9. The fraction of sp³-hybridized carbons (Fsp3) is 0.552. The zero-order chi connectivity index (χ0) is 26.8. The summed E-state index contributed by atoms with van der Waals surface area (Å²) in [5, 5.41) is 13.0. The molecule has 2 heterocycles. The van der Waals surface area contributed by atoms with Gasteiger partial charge in [0.25, 0.3) is 0 Å². The molecule has 7 nitrogen and oxygen atoms in total. The second kappa shape index (κ2) is 14.2. The van der Waals surface area contributed by atoms with E-state index in [-0.39, 0.29) is 47.8 Å². The maximum atomic E-state index is 13.6. The Morgan fingerprint density at radius 3 is 2.68 bits per heavy atom. The van der Waals surface area contributed by atoms with Crippen LogP contribution in [0.2, 0.25) is 0 Å². The van der Waals surface area contributed by atoms with Crippen LogP contribution < -0.4 is 5.32 Å². The topological polar surface area (TPSA) is 109 Å². The summed E-state index contributed by atoms with van der Waals surface area (Å²) in [6, 6.07) is 7.80. The summed E-state index contributed by atoms with van der Waals surface area (Å²) >= 11 is 1.58. The molecule has 0 spiro atoms. The van der Waals surface area contributed by atoms with Crippen LogP contribution >= 0.6 is 11.3 Å². The van der Waals surface area contributed by atoms with Crippen molar-refractivity contribution in [3.8, 4) is 6.07 Å². The highest BCUT2D eigenvalue weighted by molar-refractivity contribution is 7.18. The molecule has 1 amide bonds. The van der Waals surface area contributed by atoms with Gasteiger partial charge in [-0.3, -0.25) is 14.4 Å². The largest absolute Gasteiger partial charge is 0.381 e. The van der Waals surface area contributed by atoms with Crippen LogP contribution in [0.1, 0.15) is 69.4 Å². The first-order chi connectivity index (χ1) is 17.8. The standard InChI is InChI=1S/C29H37N3O4S/c1-4-6-23(33)16-22(17-28-31-25-8-7-20(5-2)15-27(25)37-28)29(35)32-24(21-11-13-36-14-12-21)9-10-26(34)19(3)18-30/h7-8,15,21-22,24H,3-6,9-14,16-17H2,1-2H3,(H,32,35)/t22-,24+/m0/s1. The molecule has 1 fully saturated rings. The number of aryl methyl sites for hydroxylation is 1. The molecule has 198 valence electrons. The lowest BCUT2D eigenvalue weighted by Gasteiger charge is -2.32. The molecular weight excluding hydrogens is 486 g/mol. The number of hydrogen-bond donors (Lipinski definition) is 1. The van der Waals surface area contributed by atoms with Crippen LogP contribution in [0.4, 0.5) is 0 Å². The Morgan fingerprint density at radius 2 is 2.00 bits per heavy atom. The molecule has 1 aromatic heterocycles. The van der Waals surface area contributed by atoms with Gasteiger partial charge in [0.1, 0.15) is 11.9 Å². The first-order valence-corrected chi connectivity index (χ1v) is 14.1. The molecule has 1 aromatic carbocycles. The number of nitrogens with one attached hydrogen (secondary N) is 1. The van der Waals surface area contributed by atoms with E-state index in [4.69, 9.17) is 15.0 Å². The summed E-state index contributed by atoms with van der Waals surface area (Å²) in [5.41, 5.74) is 2.08. The number of benzene rings is 1. The van der Waals surface area contributed by atoms with E-state index in [0.717, 1.165) is 40.9 Å². The number of rotatable bonds is 14. The quantitative estimate of drug-likeness (QED) is 0.272. The number of thiazole rings is 1. The van der Waals surface area contributed by atoms with Gasteiger partial charge >= 0.3 is 0 Å². The summed E-state index contributed by atoms with van der Waals surface area (Å²) in [7, 11) is 0. The minimum absolute atomic E-state index is 0.0674. The Kier molecular flexibility index (Phi) is 11.0. The van der Waals surface area contributed by atoms with Crippen LogP contribution in [-0.4, -0.2) is 41.7 Å². The average Bonchev–Trinajstić information content (AvgIpc) is 3.31. The highest BCUT2D eigenvalue weighted by Crippen LogP contribution is 2.28. The highest BCUT2D eigenvalue weighted by Gasteiger charge is 2.30. The number of ether oxygens (including phenoxy) is 1. The Hall–Kier alpha value is -2.89. The monoisotopic (exact) mass is 523 g/mol. The van der Waals surface area contributed by atoms with Crippen molar-refractivity contribution in [1.82, 2.24) is 10.3 Å². The summed E-state index contributed by atoms with van der Waals surface area (Å²) in [5.74, 6) is -0.773. The van der Waals surface area contributed by atoms with Crippen molar-refractivity contribution in [3.05, 3.63) is 40.9 Å². The summed E-state index contributed by atoms with van der Waals surface area (Å²) in [6.07, 6.45) is 4.83. The van der Waals surface area contributed by atoms with E-state index in [2.05, 4.69) is 31.0 Å². The fourth-order valence-corrected chi connectivity index (χ4v) is 5.90. The van der Waals surface area contributed by atoms with Crippen LogP contribution in [0, 0.1) is 23.2 Å². The van der Waals surface area contributed by atoms with Crippen LogP contribution in [-0.2, 0) is 32.0 Å². The van der Waals surface area contributed by atoms with Crippen molar-refractivity contribution in [1.29, 1.82) is 5.26 Å². The number of nitrogens with zero attached hydrogens (tertiary/aromatic N) is 2. The number of aromatic nitrogens is 1. The molecule has 0 unspecified atom stereocenters. The molecule has 2 aromatic rings. The van der Waals surface area contributed by atoms with Gasteiger partial charge in [-0.15, -0.1) is 11.3 Å². The van der Waals surface area contributed by atoms with E-state index in [9.17, 15) is 14.4 Å². The normalized spacial score (nSPS) is 15.6. The summed E-state index contributed by atoms with van der Waals surface area (Å²) < 4.78 is 6.59. The van der Waals surface area contributed by atoms with Crippen molar-refractivity contribution >= 4 is 39.0 Å². The van der Waals surface area contributed by atoms with Gasteiger partial charge in [-0.05, 0) is 55.7 Å². The van der Waals surface area contributed by atoms with Crippen molar-refractivity contribution in [3.63, 3.8) is 0 Å². The molecule has 2 atom stereocenters. The van der Waals surface area contributed by atoms with E-state index in [1.807, 2.05) is 19.1 Å². The van der Waals surface area contributed by atoms with Crippen LogP contribution in [0.15, 0.2) is 30.4 Å². The molecule has 8 heteroatoms. The maximum Gasteiger partial charge on any atom is 0.224 e. The fourth-order valence-electron chi connectivity index (χ4n) is 4.79. The highest BCUT2D eigenvalue weighted by atomic mass is 32.1. The maximum absolute atomic E-state index is 13.6. The Bertz CT molecular complexity index is 1160. The Labute approximate surface area is 223 Å². The van der Waals surface area contributed by atoms with Crippen LogP contribution in [0.3, 0.4) is 0 Å². The number of hydrogen-bond acceptors (Lipinski definition) is 7. The van der Waals surface area contributed by atoms with E-state index in [1.54, 1.807) is 11.3 Å². The predicted octanol–water partition coefficient (Wildman–Crippen LogP) is 5.12. The van der Waals surface area contributed by atoms with Crippen molar-refractivity contribution in [2.45, 2.75) is 77.7 Å². The molecule has 1 N–H and O–H groups in total. The van der Waals surface area contributed by atoms with Gasteiger partial charge in [0.15, 0.2) is 5.78 Å². The second-order valence-corrected chi connectivity index (χ2v) is 10.9. The predicted molar refractivity (Wildman–Crippen MR) is 145 cm³/mol. The minimum atomic E-state index is -0.530. The molecule has 1 saturated heterocycles. The molecule has 0 aliphatic carbocycles. The lowest BCUT2D eigenvalue weighted by molar-refractivity contribution is -0.130. The van der Waals surface area contributed by atoms with Crippen molar-refractivity contribution in [2.75, 3.05) is 13.2 Å². The number of ketones is 2. The van der Waals surface area contributed by atoms with Gasteiger partial charge in [0, 0.05) is 44.9 Å². The molecule has 1 aliphatic heterocycles. The molecule has 0 bridgehead atoms. The average molecular weight is 524 g/mol. The third-order valence-electron chi connectivity index (χ3n) is 7.02. The molecule has 0 radical (unpaired) electrons. The SMILES string of the molecule is C=C(C#N)C(=O)CC[C@@H](NC(=O)[C@@H](CC(=O)CCC)Cc1nc2ccc(CC)cc2s1)C1CCOCC1.